The van der Waals surface area contributed by atoms with Gasteiger partial charge in [0.1, 0.15) is 13.2 Å². The predicted octanol–water partition coefficient (Wildman–Crippen LogP) is 7.93. The van der Waals surface area contributed by atoms with Gasteiger partial charge < -0.3 is 14.2 Å². The van der Waals surface area contributed by atoms with Crippen molar-refractivity contribution >= 4 is 11.9 Å². The quantitative estimate of drug-likeness (QED) is 0.0948. The minimum Gasteiger partial charge on any atom is -0.463 e. The molecular weight excluding hydrogens is 416 g/mol. The SMILES string of the molecule is CCCCCCCCCCCCCCCCCC(=O)OCCOCCOC(=O)CCCCC. The van der Waals surface area contributed by atoms with Crippen molar-refractivity contribution in [1.29, 1.82) is 0 Å². The smallest absolute Gasteiger partial charge is 0.305 e. The molecule has 0 atom stereocenters. The molecule has 0 fully saturated rings. The van der Waals surface area contributed by atoms with Gasteiger partial charge in [-0.15, -0.1) is 0 Å². The van der Waals surface area contributed by atoms with Gasteiger partial charge in [0.2, 0.25) is 0 Å². The van der Waals surface area contributed by atoms with Crippen molar-refractivity contribution in [3.8, 4) is 0 Å². The number of unbranched alkanes of at least 4 members (excludes halogenated alkanes) is 16. The van der Waals surface area contributed by atoms with Crippen LogP contribution < -0.4 is 0 Å². The Morgan fingerprint density at radius 3 is 1.12 bits per heavy atom. The molecule has 0 aliphatic carbocycles. The summed E-state index contributed by atoms with van der Waals surface area (Å²) >= 11 is 0. The molecule has 33 heavy (non-hydrogen) atoms. The van der Waals surface area contributed by atoms with Gasteiger partial charge in [-0.25, -0.2) is 0 Å². The fourth-order valence-electron chi connectivity index (χ4n) is 3.84. The molecule has 0 unspecified atom stereocenters. The first kappa shape index (κ1) is 31.9. The number of hydrogen-bond acceptors (Lipinski definition) is 5. The Labute approximate surface area is 204 Å². The van der Waals surface area contributed by atoms with E-state index < -0.39 is 0 Å². The summed E-state index contributed by atoms with van der Waals surface area (Å²) in [5.74, 6) is -0.308. The average molecular weight is 471 g/mol. The second-order valence-corrected chi connectivity index (χ2v) is 9.21. The molecule has 0 bridgehead atoms. The normalized spacial score (nSPS) is 11.0. The molecule has 0 aromatic carbocycles. The van der Waals surface area contributed by atoms with Crippen LogP contribution in [0.2, 0.25) is 0 Å². The van der Waals surface area contributed by atoms with Crippen molar-refractivity contribution in [3.63, 3.8) is 0 Å². The lowest BCUT2D eigenvalue weighted by Crippen LogP contribution is -2.14. The van der Waals surface area contributed by atoms with E-state index in [4.69, 9.17) is 14.2 Å². The molecule has 0 saturated heterocycles. The largest absolute Gasteiger partial charge is 0.463 e. The first-order valence-corrected chi connectivity index (χ1v) is 14.1. The summed E-state index contributed by atoms with van der Waals surface area (Å²) in [6.45, 7) is 5.59. The Morgan fingerprint density at radius 2 is 0.727 bits per heavy atom. The molecule has 0 heterocycles. The van der Waals surface area contributed by atoms with Gasteiger partial charge in [0, 0.05) is 12.8 Å². The summed E-state index contributed by atoms with van der Waals surface area (Å²) in [4.78, 5) is 23.2. The zero-order valence-corrected chi connectivity index (χ0v) is 22.0. The molecule has 0 amide bonds. The summed E-state index contributed by atoms with van der Waals surface area (Å²) in [6.07, 6.45) is 23.8. The molecule has 5 nitrogen and oxygen atoms in total. The summed E-state index contributed by atoms with van der Waals surface area (Å²) in [6, 6.07) is 0. The Bertz CT molecular complexity index is 425. The maximum Gasteiger partial charge on any atom is 0.305 e. The van der Waals surface area contributed by atoms with E-state index in [1.807, 2.05) is 0 Å². The van der Waals surface area contributed by atoms with Crippen molar-refractivity contribution in [1.82, 2.24) is 0 Å². The van der Waals surface area contributed by atoms with E-state index in [0.717, 1.165) is 32.1 Å². The van der Waals surface area contributed by atoms with Gasteiger partial charge in [0.05, 0.1) is 13.2 Å². The molecule has 0 spiro atoms. The number of esters is 2. The number of ether oxygens (including phenoxy) is 3. The van der Waals surface area contributed by atoms with Crippen molar-refractivity contribution in [2.75, 3.05) is 26.4 Å². The van der Waals surface area contributed by atoms with Crippen molar-refractivity contribution < 1.29 is 23.8 Å². The molecule has 5 heteroatoms. The van der Waals surface area contributed by atoms with Crippen LogP contribution in [0.3, 0.4) is 0 Å². The monoisotopic (exact) mass is 470 g/mol. The first-order chi connectivity index (χ1) is 16.2. The van der Waals surface area contributed by atoms with Crippen molar-refractivity contribution in [2.45, 2.75) is 142 Å². The highest BCUT2D eigenvalue weighted by atomic mass is 16.6. The van der Waals surface area contributed by atoms with Crippen molar-refractivity contribution in [3.05, 3.63) is 0 Å². The van der Waals surface area contributed by atoms with Crippen LogP contribution in [-0.2, 0) is 23.8 Å². The number of carbonyl (C=O) groups excluding carboxylic acids is 2. The predicted molar refractivity (Wildman–Crippen MR) is 136 cm³/mol. The molecule has 0 aliphatic rings. The topological polar surface area (TPSA) is 61.8 Å². The van der Waals surface area contributed by atoms with Crippen LogP contribution in [0, 0.1) is 0 Å². The lowest BCUT2D eigenvalue weighted by Gasteiger charge is -2.07. The van der Waals surface area contributed by atoms with E-state index >= 15 is 0 Å². The second kappa shape index (κ2) is 27.1. The Morgan fingerprint density at radius 1 is 0.424 bits per heavy atom. The fraction of sp³-hybridized carbons (Fsp3) is 0.929. The lowest BCUT2D eigenvalue weighted by molar-refractivity contribution is -0.146. The van der Waals surface area contributed by atoms with Gasteiger partial charge in [-0.05, 0) is 12.8 Å². The highest BCUT2D eigenvalue weighted by Gasteiger charge is 2.04. The maximum atomic E-state index is 11.7. The summed E-state index contributed by atoms with van der Waals surface area (Å²) in [7, 11) is 0. The van der Waals surface area contributed by atoms with Crippen LogP contribution in [0.5, 0.6) is 0 Å². The van der Waals surface area contributed by atoms with E-state index in [9.17, 15) is 9.59 Å². The maximum absolute atomic E-state index is 11.7. The van der Waals surface area contributed by atoms with Gasteiger partial charge in [0.25, 0.3) is 0 Å². The molecule has 0 rings (SSSR count). The fourth-order valence-corrected chi connectivity index (χ4v) is 3.84. The van der Waals surface area contributed by atoms with E-state index in [2.05, 4.69) is 13.8 Å². The van der Waals surface area contributed by atoms with E-state index in [-0.39, 0.29) is 25.2 Å². The van der Waals surface area contributed by atoms with Crippen LogP contribution in [0.4, 0.5) is 0 Å². The first-order valence-electron chi connectivity index (χ1n) is 14.1. The number of rotatable bonds is 26. The third kappa shape index (κ3) is 27.0. The number of hydrogen-bond donors (Lipinski definition) is 0. The summed E-state index contributed by atoms with van der Waals surface area (Å²) in [5, 5.41) is 0. The lowest BCUT2D eigenvalue weighted by atomic mass is 10.0. The third-order valence-corrected chi connectivity index (χ3v) is 5.95. The molecule has 0 radical (unpaired) electrons. The minimum atomic E-state index is -0.165. The molecule has 0 aromatic heterocycles. The van der Waals surface area contributed by atoms with Gasteiger partial charge in [-0.3, -0.25) is 9.59 Å². The zero-order valence-electron chi connectivity index (χ0n) is 22.0. The Hall–Kier alpha value is -1.10. The van der Waals surface area contributed by atoms with Crippen molar-refractivity contribution in [2.24, 2.45) is 0 Å². The molecule has 0 aliphatic heterocycles. The third-order valence-electron chi connectivity index (χ3n) is 5.95. The van der Waals surface area contributed by atoms with Crippen LogP contribution in [-0.4, -0.2) is 38.4 Å². The molecule has 0 aromatic rings. The Kier molecular flexibility index (Phi) is 26.2. The molecular formula is C28H54O5. The second-order valence-electron chi connectivity index (χ2n) is 9.21. The van der Waals surface area contributed by atoms with Crippen LogP contribution in [0.1, 0.15) is 142 Å². The highest BCUT2D eigenvalue weighted by molar-refractivity contribution is 5.69. The summed E-state index contributed by atoms with van der Waals surface area (Å²) in [5.41, 5.74) is 0. The molecule has 0 N–H and O–H groups in total. The highest BCUT2D eigenvalue weighted by Crippen LogP contribution is 2.13. The van der Waals surface area contributed by atoms with Crippen LogP contribution in [0.15, 0.2) is 0 Å². The summed E-state index contributed by atoms with van der Waals surface area (Å²) < 4.78 is 15.6. The van der Waals surface area contributed by atoms with Crippen LogP contribution >= 0.6 is 0 Å². The van der Waals surface area contributed by atoms with E-state index in [1.54, 1.807) is 0 Å². The van der Waals surface area contributed by atoms with Gasteiger partial charge in [0.15, 0.2) is 0 Å². The zero-order chi connectivity index (χ0) is 24.2. The van der Waals surface area contributed by atoms with Gasteiger partial charge in [-0.2, -0.15) is 0 Å². The van der Waals surface area contributed by atoms with Gasteiger partial charge >= 0.3 is 11.9 Å². The Balaban J connectivity index is 3.21. The molecule has 0 saturated carbocycles. The number of carbonyl (C=O) groups is 2. The molecule has 196 valence electrons. The minimum absolute atomic E-state index is 0.143. The van der Waals surface area contributed by atoms with Gasteiger partial charge in [-0.1, -0.05) is 117 Å². The standard InChI is InChI=1S/C28H54O5/c1-3-5-7-8-9-10-11-12-13-14-15-16-17-18-20-22-28(30)33-26-24-31-23-25-32-27(29)21-19-6-4-2/h3-26H2,1-2H3. The van der Waals surface area contributed by atoms with E-state index in [0.29, 0.717) is 26.1 Å². The van der Waals surface area contributed by atoms with E-state index in [1.165, 1.54) is 83.5 Å². The van der Waals surface area contributed by atoms with Crippen LogP contribution in [0.25, 0.3) is 0 Å². The average Bonchev–Trinajstić information content (AvgIpc) is 2.81.